The van der Waals surface area contributed by atoms with Gasteiger partial charge in [-0.15, -0.1) is 11.6 Å². The van der Waals surface area contributed by atoms with Gasteiger partial charge in [-0.3, -0.25) is 0 Å². The number of aliphatic hydroxyl groups excluding tert-OH is 1. The van der Waals surface area contributed by atoms with Crippen LogP contribution in [0.2, 0.25) is 0 Å². The fourth-order valence-corrected chi connectivity index (χ4v) is 1.64. The van der Waals surface area contributed by atoms with Crippen LogP contribution in [0.25, 0.3) is 0 Å². The number of hydrogen-bond acceptors (Lipinski definition) is 1. The summed E-state index contributed by atoms with van der Waals surface area (Å²) >= 11 is 6.05. The molecule has 0 amide bonds. The topological polar surface area (TPSA) is 20.2 Å². The van der Waals surface area contributed by atoms with Crippen LogP contribution in [-0.4, -0.2) is 11.2 Å². The quantitative estimate of drug-likeness (QED) is 0.725. The fraction of sp³-hybridized carbons (Fsp3) is 0.455. The first-order valence-corrected chi connectivity index (χ1v) is 4.85. The van der Waals surface area contributed by atoms with E-state index in [1.165, 1.54) is 5.56 Å². The van der Waals surface area contributed by atoms with Gasteiger partial charge in [0.05, 0.1) is 11.5 Å². The fourth-order valence-electron chi connectivity index (χ4n) is 1.39. The number of benzene rings is 1. The van der Waals surface area contributed by atoms with Crippen molar-refractivity contribution in [2.24, 2.45) is 0 Å². The Balaban J connectivity index is 3.01. The molecule has 2 unspecified atom stereocenters. The van der Waals surface area contributed by atoms with Crippen LogP contribution in [0.4, 0.5) is 0 Å². The molecule has 2 heteroatoms. The zero-order valence-electron chi connectivity index (χ0n) is 8.21. The molecule has 0 bridgehead atoms. The molecular formula is C11H15ClO. The summed E-state index contributed by atoms with van der Waals surface area (Å²) in [4.78, 5) is 0. The molecule has 13 heavy (non-hydrogen) atoms. The van der Waals surface area contributed by atoms with Gasteiger partial charge in [-0.2, -0.15) is 0 Å². The largest absolute Gasteiger partial charge is 0.392 e. The third-order valence-corrected chi connectivity index (χ3v) is 2.75. The zero-order chi connectivity index (χ0) is 10.0. The van der Waals surface area contributed by atoms with Crippen LogP contribution in [0.3, 0.4) is 0 Å². The summed E-state index contributed by atoms with van der Waals surface area (Å²) in [6.07, 6.45) is -0.511. The summed E-state index contributed by atoms with van der Waals surface area (Å²) in [5, 5.41) is 9.03. The Hall–Kier alpha value is -0.530. The number of halogens is 1. The summed E-state index contributed by atoms with van der Waals surface area (Å²) in [6, 6.07) is 6.07. The van der Waals surface area contributed by atoms with Crippen molar-refractivity contribution in [3.05, 3.63) is 34.9 Å². The summed E-state index contributed by atoms with van der Waals surface area (Å²) in [6.45, 7) is 5.76. The molecule has 0 spiro atoms. The molecule has 0 heterocycles. The summed E-state index contributed by atoms with van der Waals surface area (Å²) < 4.78 is 0. The van der Waals surface area contributed by atoms with Gasteiger partial charge in [0.25, 0.3) is 0 Å². The Labute approximate surface area is 84.4 Å². The van der Waals surface area contributed by atoms with E-state index in [-0.39, 0.29) is 5.38 Å². The second-order valence-electron chi connectivity index (χ2n) is 3.50. The minimum Gasteiger partial charge on any atom is -0.392 e. The third kappa shape index (κ3) is 2.45. The van der Waals surface area contributed by atoms with E-state index in [0.717, 1.165) is 11.1 Å². The highest BCUT2D eigenvalue weighted by Gasteiger charge is 2.15. The Bertz CT molecular complexity index is 294. The monoisotopic (exact) mass is 198 g/mol. The molecule has 0 aliphatic carbocycles. The number of aryl methyl sites for hydroxylation is 2. The molecule has 2 atom stereocenters. The lowest BCUT2D eigenvalue weighted by Gasteiger charge is -2.15. The van der Waals surface area contributed by atoms with E-state index in [1.54, 1.807) is 6.92 Å². The average molecular weight is 199 g/mol. The van der Waals surface area contributed by atoms with Crippen LogP contribution in [0, 0.1) is 13.8 Å². The van der Waals surface area contributed by atoms with E-state index in [9.17, 15) is 5.11 Å². The molecule has 1 aromatic carbocycles. The van der Waals surface area contributed by atoms with Crippen molar-refractivity contribution in [1.82, 2.24) is 0 Å². The highest BCUT2D eigenvalue weighted by atomic mass is 35.5. The predicted molar refractivity (Wildman–Crippen MR) is 56.2 cm³/mol. The molecule has 0 aliphatic rings. The van der Waals surface area contributed by atoms with Gasteiger partial charge in [0.2, 0.25) is 0 Å². The van der Waals surface area contributed by atoms with Crippen LogP contribution in [0.1, 0.15) is 29.0 Å². The maximum atomic E-state index is 9.34. The predicted octanol–water partition coefficient (Wildman–Crippen LogP) is 2.96. The molecule has 1 aromatic rings. The molecule has 0 aliphatic heterocycles. The van der Waals surface area contributed by atoms with Crippen molar-refractivity contribution in [3.8, 4) is 0 Å². The van der Waals surface area contributed by atoms with Gasteiger partial charge >= 0.3 is 0 Å². The molecule has 1 rings (SSSR count). The Morgan fingerprint density at radius 3 is 2.38 bits per heavy atom. The van der Waals surface area contributed by atoms with Gasteiger partial charge in [-0.05, 0) is 31.9 Å². The van der Waals surface area contributed by atoms with Crippen LogP contribution < -0.4 is 0 Å². The Morgan fingerprint density at radius 2 is 1.92 bits per heavy atom. The average Bonchev–Trinajstić information content (AvgIpc) is 2.03. The first-order valence-electron chi connectivity index (χ1n) is 4.41. The van der Waals surface area contributed by atoms with Crippen LogP contribution in [0.5, 0.6) is 0 Å². The van der Waals surface area contributed by atoms with Gasteiger partial charge in [-0.25, -0.2) is 0 Å². The standard InChI is InChI=1S/C11H15ClO/c1-7-4-5-10(8(2)6-7)11(12)9(3)13/h4-6,9,11,13H,1-3H3. The summed E-state index contributed by atoms with van der Waals surface area (Å²) in [5.41, 5.74) is 3.37. The molecular weight excluding hydrogens is 184 g/mol. The van der Waals surface area contributed by atoms with Crippen molar-refractivity contribution < 1.29 is 5.11 Å². The lowest BCUT2D eigenvalue weighted by molar-refractivity contribution is 0.189. The SMILES string of the molecule is Cc1ccc(C(Cl)C(C)O)c(C)c1. The second-order valence-corrected chi connectivity index (χ2v) is 3.97. The van der Waals surface area contributed by atoms with E-state index >= 15 is 0 Å². The number of aliphatic hydroxyl groups is 1. The van der Waals surface area contributed by atoms with Crippen LogP contribution >= 0.6 is 11.6 Å². The van der Waals surface area contributed by atoms with Crippen molar-refractivity contribution in [2.45, 2.75) is 32.3 Å². The summed E-state index contributed by atoms with van der Waals surface area (Å²) in [5.74, 6) is 0. The van der Waals surface area contributed by atoms with Crippen molar-refractivity contribution >= 4 is 11.6 Å². The molecule has 0 aromatic heterocycles. The van der Waals surface area contributed by atoms with Gasteiger partial charge in [0.1, 0.15) is 0 Å². The van der Waals surface area contributed by atoms with E-state index < -0.39 is 6.10 Å². The van der Waals surface area contributed by atoms with Crippen molar-refractivity contribution in [3.63, 3.8) is 0 Å². The van der Waals surface area contributed by atoms with E-state index in [1.807, 2.05) is 26.0 Å². The molecule has 0 saturated heterocycles. The highest BCUT2D eigenvalue weighted by Crippen LogP contribution is 2.27. The van der Waals surface area contributed by atoms with Crippen molar-refractivity contribution in [2.75, 3.05) is 0 Å². The lowest BCUT2D eigenvalue weighted by Crippen LogP contribution is -2.09. The maximum absolute atomic E-state index is 9.34. The van der Waals surface area contributed by atoms with Gasteiger partial charge in [-0.1, -0.05) is 23.8 Å². The molecule has 0 fully saturated rings. The smallest absolute Gasteiger partial charge is 0.0844 e. The summed E-state index contributed by atoms with van der Waals surface area (Å²) in [7, 11) is 0. The van der Waals surface area contributed by atoms with Crippen LogP contribution in [0.15, 0.2) is 18.2 Å². The molecule has 0 saturated carbocycles. The van der Waals surface area contributed by atoms with Crippen LogP contribution in [-0.2, 0) is 0 Å². The van der Waals surface area contributed by atoms with Gasteiger partial charge in [0, 0.05) is 0 Å². The van der Waals surface area contributed by atoms with Crippen molar-refractivity contribution in [1.29, 1.82) is 0 Å². The lowest BCUT2D eigenvalue weighted by atomic mass is 10.0. The van der Waals surface area contributed by atoms with E-state index in [0.29, 0.717) is 0 Å². The minimum absolute atomic E-state index is 0.305. The Morgan fingerprint density at radius 1 is 1.31 bits per heavy atom. The first-order chi connectivity index (χ1) is 6.02. The molecule has 72 valence electrons. The first kappa shape index (κ1) is 10.6. The Kier molecular flexibility index (Phi) is 3.34. The molecule has 0 radical (unpaired) electrons. The van der Waals surface area contributed by atoms with E-state index in [2.05, 4.69) is 6.07 Å². The normalized spacial score (nSPS) is 15.5. The van der Waals surface area contributed by atoms with E-state index in [4.69, 9.17) is 11.6 Å². The maximum Gasteiger partial charge on any atom is 0.0844 e. The third-order valence-electron chi connectivity index (χ3n) is 2.15. The van der Waals surface area contributed by atoms with Gasteiger partial charge < -0.3 is 5.11 Å². The second kappa shape index (κ2) is 4.12. The molecule has 1 nitrogen and oxygen atoms in total. The number of hydrogen-bond donors (Lipinski definition) is 1. The number of alkyl halides is 1. The minimum atomic E-state index is -0.511. The number of rotatable bonds is 2. The zero-order valence-corrected chi connectivity index (χ0v) is 8.97. The molecule has 1 N–H and O–H groups in total. The van der Waals surface area contributed by atoms with Gasteiger partial charge in [0.15, 0.2) is 0 Å². The highest BCUT2D eigenvalue weighted by molar-refractivity contribution is 6.21.